The number of fused-ring (bicyclic) bond motifs is 1. The van der Waals surface area contributed by atoms with E-state index in [1.807, 2.05) is 24.3 Å². The summed E-state index contributed by atoms with van der Waals surface area (Å²) in [6.07, 6.45) is 6.77. The van der Waals surface area contributed by atoms with Crippen LogP contribution >= 0.6 is 0 Å². The molecule has 0 aliphatic heterocycles. The molecule has 1 aliphatic carbocycles. The smallest absolute Gasteiger partial charge is 0.103 e. The van der Waals surface area contributed by atoms with Gasteiger partial charge in [0, 0.05) is 18.1 Å². The standard InChI is InChI=1S/C17H19N3/c1-2-7-17(8-9-17)12-20-16-13(10-18)11-19-15-6-4-3-5-14(15)16/h3-6,11H,2,7-9,12H2,1H3,(H,19,20). The molecule has 2 aromatic rings. The van der Waals surface area contributed by atoms with Crippen LogP contribution in [0.3, 0.4) is 0 Å². The monoisotopic (exact) mass is 265 g/mol. The third-order valence-electron chi connectivity index (χ3n) is 4.27. The van der Waals surface area contributed by atoms with Crippen molar-refractivity contribution in [2.24, 2.45) is 5.41 Å². The van der Waals surface area contributed by atoms with Crippen LogP contribution in [0.5, 0.6) is 0 Å². The van der Waals surface area contributed by atoms with Gasteiger partial charge in [-0.3, -0.25) is 4.98 Å². The van der Waals surface area contributed by atoms with Gasteiger partial charge in [-0.15, -0.1) is 0 Å². The second-order valence-corrected chi connectivity index (χ2v) is 5.78. The fourth-order valence-corrected chi connectivity index (χ4v) is 2.91. The molecule has 0 saturated heterocycles. The molecule has 20 heavy (non-hydrogen) atoms. The Balaban J connectivity index is 1.92. The van der Waals surface area contributed by atoms with Crippen molar-refractivity contribution in [3.8, 4) is 6.07 Å². The van der Waals surface area contributed by atoms with Gasteiger partial charge in [-0.2, -0.15) is 5.26 Å². The quantitative estimate of drug-likeness (QED) is 0.885. The van der Waals surface area contributed by atoms with E-state index < -0.39 is 0 Å². The lowest BCUT2D eigenvalue weighted by atomic mass is 10.00. The van der Waals surface area contributed by atoms with Crippen molar-refractivity contribution in [2.45, 2.75) is 32.6 Å². The van der Waals surface area contributed by atoms with E-state index in [2.05, 4.69) is 23.3 Å². The molecule has 102 valence electrons. The van der Waals surface area contributed by atoms with Crippen molar-refractivity contribution in [1.29, 1.82) is 5.26 Å². The lowest BCUT2D eigenvalue weighted by Crippen LogP contribution is -2.16. The number of benzene rings is 1. The summed E-state index contributed by atoms with van der Waals surface area (Å²) in [4.78, 5) is 4.35. The number of anilines is 1. The fourth-order valence-electron chi connectivity index (χ4n) is 2.91. The lowest BCUT2D eigenvalue weighted by molar-refractivity contribution is 0.486. The molecule has 3 heteroatoms. The van der Waals surface area contributed by atoms with Gasteiger partial charge in [0.1, 0.15) is 6.07 Å². The first-order valence-electron chi connectivity index (χ1n) is 7.30. The molecule has 0 radical (unpaired) electrons. The Morgan fingerprint density at radius 1 is 1.35 bits per heavy atom. The number of nitrogens with zero attached hydrogens (tertiary/aromatic N) is 2. The molecule has 1 fully saturated rings. The molecule has 3 nitrogen and oxygen atoms in total. The predicted octanol–water partition coefficient (Wildman–Crippen LogP) is 4.10. The molecule has 0 spiro atoms. The molecule has 1 N–H and O–H groups in total. The summed E-state index contributed by atoms with van der Waals surface area (Å²) in [6.45, 7) is 3.20. The summed E-state index contributed by atoms with van der Waals surface area (Å²) in [5.41, 5.74) is 2.98. The summed E-state index contributed by atoms with van der Waals surface area (Å²) < 4.78 is 0. The van der Waals surface area contributed by atoms with Crippen LogP contribution in [0.2, 0.25) is 0 Å². The second kappa shape index (κ2) is 5.13. The number of pyridine rings is 1. The molecular formula is C17H19N3. The van der Waals surface area contributed by atoms with Gasteiger partial charge in [-0.1, -0.05) is 31.5 Å². The largest absolute Gasteiger partial charge is 0.383 e. The Kier molecular flexibility index (Phi) is 3.31. The van der Waals surface area contributed by atoms with Crippen LogP contribution in [0.1, 0.15) is 38.2 Å². The van der Waals surface area contributed by atoms with Crippen LogP contribution < -0.4 is 5.32 Å². The van der Waals surface area contributed by atoms with Crippen LogP contribution in [0.15, 0.2) is 30.5 Å². The molecule has 1 aromatic carbocycles. The van der Waals surface area contributed by atoms with Crippen molar-refractivity contribution in [3.05, 3.63) is 36.0 Å². The summed E-state index contributed by atoms with van der Waals surface area (Å²) in [5.74, 6) is 0. The molecule has 0 atom stereocenters. The van der Waals surface area contributed by atoms with Gasteiger partial charge in [0.2, 0.25) is 0 Å². The van der Waals surface area contributed by atoms with Crippen LogP contribution in [0.25, 0.3) is 10.9 Å². The number of nitriles is 1. The SMILES string of the molecule is CCCC1(CNc2c(C#N)cnc3ccccc23)CC1. The van der Waals surface area contributed by atoms with Crippen molar-refractivity contribution >= 4 is 16.6 Å². The van der Waals surface area contributed by atoms with E-state index in [0.717, 1.165) is 23.1 Å². The highest BCUT2D eigenvalue weighted by molar-refractivity contribution is 5.93. The molecule has 3 rings (SSSR count). The van der Waals surface area contributed by atoms with Gasteiger partial charge >= 0.3 is 0 Å². The van der Waals surface area contributed by atoms with Crippen LogP contribution in [-0.4, -0.2) is 11.5 Å². The van der Waals surface area contributed by atoms with Crippen molar-refractivity contribution in [3.63, 3.8) is 0 Å². The number of nitrogens with one attached hydrogen (secondary N) is 1. The topological polar surface area (TPSA) is 48.7 Å². The predicted molar refractivity (Wildman–Crippen MR) is 81.5 cm³/mol. The number of aromatic nitrogens is 1. The first kappa shape index (κ1) is 12.9. The third-order valence-corrected chi connectivity index (χ3v) is 4.27. The maximum Gasteiger partial charge on any atom is 0.103 e. The molecular weight excluding hydrogens is 246 g/mol. The summed E-state index contributed by atoms with van der Waals surface area (Å²) in [5, 5.41) is 13.9. The molecule has 0 bridgehead atoms. The van der Waals surface area contributed by atoms with E-state index in [4.69, 9.17) is 0 Å². The van der Waals surface area contributed by atoms with E-state index in [1.165, 1.54) is 25.7 Å². The molecule has 1 aliphatic rings. The summed E-state index contributed by atoms with van der Waals surface area (Å²) in [7, 11) is 0. The molecule has 1 aromatic heterocycles. The van der Waals surface area contributed by atoms with E-state index in [1.54, 1.807) is 6.20 Å². The lowest BCUT2D eigenvalue weighted by Gasteiger charge is -2.17. The van der Waals surface area contributed by atoms with Crippen LogP contribution in [-0.2, 0) is 0 Å². The Bertz CT molecular complexity index is 665. The van der Waals surface area contributed by atoms with Crippen LogP contribution in [0, 0.1) is 16.7 Å². The maximum absolute atomic E-state index is 9.30. The zero-order chi connectivity index (χ0) is 14.0. The molecule has 0 unspecified atom stereocenters. The minimum Gasteiger partial charge on any atom is -0.383 e. The maximum atomic E-state index is 9.30. The highest BCUT2D eigenvalue weighted by atomic mass is 14.9. The first-order chi connectivity index (χ1) is 9.78. The first-order valence-corrected chi connectivity index (χ1v) is 7.30. The van der Waals surface area contributed by atoms with Crippen molar-refractivity contribution in [2.75, 3.05) is 11.9 Å². The average Bonchev–Trinajstić information content (AvgIpc) is 3.25. The molecule has 1 heterocycles. The normalized spacial score (nSPS) is 15.8. The van der Waals surface area contributed by atoms with Crippen molar-refractivity contribution < 1.29 is 0 Å². The van der Waals surface area contributed by atoms with E-state index in [-0.39, 0.29) is 0 Å². The van der Waals surface area contributed by atoms with E-state index in [0.29, 0.717) is 11.0 Å². The minimum atomic E-state index is 0.464. The molecule has 1 saturated carbocycles. The summed E-state index contributed by atoms with van der Waals surface area (Å²) >= 11 is 0. The Hall–Kier alpha value is -2.08. The molecule has 0 amide bonds. The zero-order valence-electron chi connectivity index (χ0n) is 11.8. The Morgan fingerprint density at radius 3 is 2.85 bits per heavy atom. The van der Waals surface area contributed by atoms with Gasteiger partial charge in [0.05, 0.1) is 16.8 Å². The zero-order valence-corrected chi connectivity index (χ0v) is 11.8. The number of para-hydroxylation sites is 1. The number of rotatable bonds is 5. The van der Waals surface area contributed by atoms with Crippen molar-refractivity contribution in [1.82, 2.24) is 4.98 Å². The summed E-state index contributed by atoms with van der Waals surface area (Å²) in [6, 6.07) is 10.2. The highest BCUT2D eigenvalue weighted by Gasteiger charge is 2.41. The highest BCUT2D eigenvalue weighted by Crippen LogP contribution is 2.49. The average molecular weight is 265 g/mol. The number of hydrogen-bond donors (Lipinski definition) is 1. The fraction of sp³-hybridized carbons (Fsp3) is 0.412. The van der Waals surface area contributed by atoms with E-state index in [9.17, 15) is 5.26 Å². The van der Waals surface area contributed by atoms with Gasteiger partial charge in [0.15, 0.2) is 0 Å². The van der Waals surface area contributed by atoms with E-state index >= 15 is 0 Å². The van der Waals surface area contributed by atoms with Gasteiger partial charge < -0.3 is 5.32 Å². The minimum absolute atomic E-state index is 0.464. The second-order valence-electron chi connectivity index (χ2n) is 5.78. The Morgan fingerprint density at radius 2 is 2.15 bits per heavy atom. The third kappa shape index (κ3) is 2.34. The Labute approximate surface area is 119 Å². The number of hydrogen-bond acceptors (Lipinski definition) is 3. The van der Waals surface area contributed by atoms with Crippen LogP contribution in [0.4, 0.5) is 5.69 Å². The van der Waals surface area contributed by atoms with Gasteiger partial charge in [-0.05, 0) is 30.7 Å². The van der Waals surface area contributed by atoms with Gasteiger partial charge in [0.25, 0.3) is 0 Å². The van der Waals surface area contributed by atoms with Gasteiger partial charge in [-0.25, -0.2) is 0 Å².